The Hall–Kier alpha value is -0.900. The number of hydrogen-bond donors (Lipinski definition) is 0. The molecule has 0 aliphatic carbocycles. The zero-order valence-corrected chi connectivity index (χ0v) is 10.5. The van der Waals surface area contributed by atoms with Crippen LogP contribution in [-0.2, 0) is 13.6 Å². The fraction of sp³-hybridized carbons (Fsp3) is 0.500. The fourth-order valence-electron chi connectivity index (χ4n) is 1.33. The molecule has 5 nitrogen and oxygen atoms in total. The molecule has 16 heavy (non-hydrogen) atoms. The van der Waals surface area contributed by atoms with Crippen molar-refractivity contribution in [2.75, 3.05) is 13.2 Å². The summed E-state index contributed by atoms with van der Waals surface area (Å²) < 4.78 is 27.7. The van der Waals surface area contributed by atoms with Gasteiger partial charge in [-0.3, -0.25) is 9.36 Å². The molecule has 0 amide bonds. The molecule has 0 aliphatic heterocycles. The molecule has 90 valence electrons. The van der Waals surface area contributed by atoms with Crippen LogP contribution in [0.3, 0.4) is 0 Å². The van der Waals surface area contributed by atoms with E-state index in [1.54, 1.807) is 20.8 Å². The molecule has 1 rings (SSSR count). The summed E-state index contributed by atoms with van der Waals surface area (Å²) >= 11 is 0. The second-order valence-electron chi connectivity index (χ2n) is 3.06. The third-order valence-electron chi connectivity index (χ3n) is 1.86. The lowest BCUT2D eigenvalue weighted by molar-refractivity contribution is 0.109. The average Bonchev–Trinajstić information content (AvgIpc) is 2.61. The maximum absolute atomic E-state index is 12.3. The maximum atomic E-state index is 12.3. The SMILES string of the molecule is CCOP(=O)(OCC)c1cc(C)oc1C=O. The molecule has 1 aromatic heterocycles. The Morgan fingerprint density at radius 2 is 1.94 bits per heavy atom. The minimum atomic E-state index is -3.43. The monoisotopic (exact) mass is 246 g/mol. The Balaban J connectivity index is 3.19. The second kappa shape index (κ2) is 5.43. The lowest BCUT2D eigenvalue weighted by Crippen LogP contribution is -2.12. The van der Waals surface area contributed by atoms with Gasteiger partial charge in [0.1, 0.15) is 11.1 Å². The first-order valence-electron chi connectivity index (χ1n) is 5.02. The molecule has 6 heteroatoms. The van der Waals surface area contributed by atoms with Crippen LogP contribution in [0.5, 0.6) is 0 Å². The van der Waals surface area contributed by atoms with Gasteiger partial charge >= 0.3 is 7.60 Å². The van der Waals surface area contributed by atoms with E-state index in [9.17, 15) is 9.36 Å². The number of carbonyl (C=O) groups is 1. The van der Waals surface area contributed by atoms with Gasteiger partial charge in [0.15, 0.2) is 12.0 Å². The Morgan fingerprint density at radius 3 is 2.38 bits per heavy atom. The van der Waals surface area contributed by atoms with Crippen LogP contribution < -0.4 is 5.30 Å². The average molecular weight is 246 g/mol. The lowest BCUT2D eigenvalue weighted by Gasteiger charge is -2.15. The summed E-state index contributed by atoms with van der Waals surface area (Å²) in [4.78, 5) is 10.8. The Labute approximate surface area is 94.3 Å². The van der Waals surface area contributed by atoms with Crippen LogP contribution in [0.15, 0.2) is 10.5 Å². The van der Waals surface area contributed by atoms with Crippen molar-refractivity contribution in [1.29, 1.82) is 0 Å². The third kappa shape index (κ3) is 2.61. The molecule has 0 radical (unpaired) electrons. The molecule has 0 aromatic carbocycles. The van der Waals surface area contributed by atoms with E-state index in [0.717, 1.165) is 0 Å². The van der Waals surface area contributed by atoms with E-state index < -0.39 is 7.60 Å². The van der Waals surface area contributed by atoms with Gasteiger partial charge in [0.25, 0.3) is 0 Å². The Bertz CT molecular complexity index is 399. The first-order valence-corrected chi connectivity index (χ1v) is 6.57. The van der Waals surface area contributed by atoms with E-state index in [4.69, 9.17) is 13.5 Å². The van der Waals surface area contributed by atoms with Crippen LogP contribution in [0.2, 0.25) is 0 Å². The molecule has 0 aliphatic rings. The van der Waals surface area contributed by atoms with Crippen LogP contribution in [0.25, 0.3) is 0 Å². The molecule has 0 bridgehead atoms. The Kier molecular flexibility index (Phi) is 4.47. The fourth-order valence-corrected chi connectivity index (χ4v) is 3.07. The number of rotatable bonds is 6. The molecule has 0 saturated carbocycles. The summed E-state index contributed by atoms with van der Waals surface area (Å²) in [7, 11) is -3.43. The molecule has 0 unspecified atom stereocenters. The summed E-state index contributed by atoms with van der Waals surface area (Å²) in [6.45, 7) is 5.55. The second-order valence-corrected chi connectivity index (χ2v) is 5.05. The number of hydrogen-bond acceptors (Lipinski definition) is 5. The van der Waals surface area contributed by atoms with Gasteiger partial charge in [0.05, 0.1) is 13.2 Å². The zero-order chi connectivity index (χ0) is 12.2. The molecular formula is C10H15O5P. The predicted octanol–water partition coefficient (Wildman–Crippen LogP) is 2.29. The van der Waals surface area contributed by atoms with Crippen molar-refractivity contribution in [2.24, 2.45) is 0 Å². The summed E-state index contributed by atoms with van der Waals surface area (Å²) in [5.74, 6) is 0.500. The van der Waals surface area contributed by atoms with Crippen molar-refractivity contribution in [1.82, 2.24) is 0 Å². The van der Waals surface area contributed by atoms with Crippen LogP contribution in [-0.4, -0.2) is 19.5 Å². The minimum Gasteiger partial charge on any atom is -0.458 e. The highest BCUT2D eigenvalue weighted by Gasteiger charge is 2.32. The van der Waals surface area contributed by atoms with E-state index in [1.807, 2.05) is 0 Å². The van der Waals surface area contributed by atoms with Gasteiger partial charge in [-0.25, -0.2) is 0 Å². The van der Waals surface area contributed by atoms with Gasteiger partial charge in [0.2, 0.25) is 0 Å². The molecule has 1 aromatic rings. The minimum absolute atomic E-state index is 0.00253. The summed E-state index contributed by atoms with van der Waals surface area (Å²) in [6, 6.07) is 1.51. The highest BCUT2D eigenvalue weighted by molar-refractivity contribution is 7.62. The largest absolute Gasteiger partial charge is 0.458 e. The van der Waals surface area contributed by atoms with E-state index in [1.165, 1.54) is 6.07 Å². The molecule has 0 N–H and O–H groups in total. The van der Waals surface area contributed by atoms with Gasteiger partial charge in [-0.2, -0.15) is 0 Å². The molecule has 0 saturated heterocycles. The standard InChI is InChI=1S/C10H15O5P/c1-4-13-16(12,14-5-2)10-6-8(3)15-9(10)7-11/h6-7H,4-5H2,1-3H3. The van der Waals surface area contributed by atoms with E-state index >= 15 is 0 Å². The van der Waals surface area contributed by atoms with Gasteiger partial charge in [-0.15, -0.1) is 0 Å². The quantitative estimate of drug-likeness (QED) is 0.569. The number of aryl methyl sites for hydroxylation is 1. The summed E-state index contributed by atoms with van der Waals surface area (Å²) in [5, 5.41) is 0.198. The smallest absolute Gasteiger partial charge is 0.365 e. The first-order chi connectivity index (χ1) is 7.57. The number of carbonyl (C=O) groups excluding carboxylic acids is 1. The number of aldehydes is 1. The highest BCUT2D eigenvalue weighted by atomic mass is 31.2. The predicted molar refractivity (Wildman–Crippen MR) is 59.3 cm³/mol. The van der Waals surface area contributed by atoms with Crippen molar-refractivity contribution in [2.45, 2.75) is 20.8 Å². The molecular weight excluding hydrogens is 231 g/mol. The van der Waals surface area contributed by atoms with Crippen LogP contribution in [0, 0.1) is 6.92 Å². The van der Waals surface area contributed by atoms with Crippen LogP contribution >= 0.6 is 7.60 Å². The zero-order valence-electron chi connectivity index (χ0n) is 9.56. The highest BCUT2D eigenvalue weighted by Crippen LogP contribution is 2.48. The van der Waals surface area contributed by atoms with Gasteiger partial charge < -0.3 is 13.5 Å². The van der Waals surface area contributed by atoms with Gasteiger partial charge in [-0.1, -0.05) is 0 Å². The number of furan rings is 1. The first kappa shape index (κ1) is 13.2. The van der Waals surface area contributed by atoms with Crippen LogP contribution in [0.1, 0.15) is 30.2 Å². The van der Waals surface area contributed by atoms with Gasteiger partial charge in [0, 0.05) is 0 Å². The van der Waals surface area contributed by atoms with E-state index in [2.05, 4.69) is 0 Å². The van der Waals surface area contributed by atoms with Crippen molar-refractivity contribution < 1.29 is 22.8 Å². The van der Waals surface area contributed by atoms with Crippen molar-refractivity contribution in [3.05, 3.63) is 17.6 Å². The van der Waals surface area contributed by atoms with Crippen LogP contribution in [0.4, 0.5) is 0 Å². The molecule has 0 fully saturated rings. The molecule has 0 atom stereocenters. The van der Waals surface area contributed by atoms with Crippen molar-refractivity contribution in [3.8, 4) is 0 Å². The molecule has 1 heterocycles. The maximum Gasteiger partial charge on any atom is 0.365 e. The lowest BCUT2D eigenvalue weighted by atomic mass is 10.4. The van der Waals surface area contributed by atoms with Crippen molar-refractivity contribution >= 4 is 19.2 Å². The summed E-state index contributed by atoms with van der Waals surface area (Å²) in [5.41, 5.74) is 0. The van der Waals surface area contributed by atoms with Gasteiger partial charge in [-0.05, 0) is 26.8 Å². The Morgan fingerprint density at radius 1 is 1.38 bits per heavy atom. The molecule has 0 spiro atoms. The van der Waals surface area contributed by atoms with E-state index in [-0.39, 0.29) is 24.3 Å². The normalized spacial score (nSPS) is 11.7. The topological polar surface area (TPSA) is 65.7 Å². The third-order valence-corrected chi connectivity index (χ3v) is 4.00. The van der Waals surface area contributed by atoms with E-state index in [0.29, 0.717) is 12.0 Å². The van der Waals surface area contributed by atoms with Crippen molar-refractivity contribution in [3.63, 3.8) is 0 Å². The summed E-state index contributed by atoms with van der Waals surface area (Å²) in [6.07, 6.45) is 0.507.